The number of primary amides is 1. The summed E-state index contributed by atoms with van der Waals surface area (Å²) < 4.78 is 10.6. The highest BCUT2D eigenvalue weighted by molar-refractivity contribution is 7.09. The molecule has 0 aliphatic rings. The second-order valence-corrected chi connectivity index (χ2v) is 5.65. The van der Waals surface area contributed by atoms with E-state index in [1.165, 1.54) is 18.3 Å². The van der Waals surface area contributed by atoms with Gasteiger partial charge in [0.05, 0.1) is 10.7 Å². The molecule has 7 heteroatoms. The first-order chi connectivity index (χ1) is 10.5. The van der Waals surface area contributed by atoms with Gasteiger partial charge in [-0.05, 0) is 26.0 Å². The molecule has 1 atom stereocenters. The molecule has 0 saturated heterocycles. The molecule has 2 rings (SSSR count). The first-order valence-electron chi connectivity index (χ1n) is 6.60. The van der Waals surface area contributed by atoms with Crippen molar-refractivity contribution in [3.63, 3.8) is 0 Å². The quantitative estimate of drug-likeness (QED) is 0.823. The van der Waals surface area contributed by atoms with Crippen LogP contribution in [-0.2, 0) is 16.1 Å². The minimum Gasteiger partial charge on any atom is -0.486 e. The van der Waals surface area contributed by atoms with E-state index in [1.54, 1.807) is 24.3 Å². The van der Waals surface area contributed by atoms with Crippen molar-refractivity contribution in [1.29, 1.82) is 0 Å². The molecular formula is C15H16N2O4S. The van der Waals surface area contributed by atoms with E-state index in [1.807, 2.05) is 12.3 Å². The monoisotopic (exact) mass is 320 g/mol. The maximum Gasteiger partial charge on any atom is 0.342 e. The van der Waals surface area contributed by atoms with Crippen LogP contribution in [0.2, 0.25) is 0 Å². The fourth-order valence-electron chi connectivity index (χ4n) is 1.67. The second kappa shape index (κ2) is 7.04. The average Bonchev–Trinajstić information content (AvgIpc) is 2.90. The number of nitrogens with zero attached hydrogens (tertiary/aromatic N) is 1. The molecule has 0 fully saturated rings. The molecular weight excluding hydrogens is 304 g/mol. The van der Waals surface area contributed by atoms with Gasteiger partial charge in [0.15, 0.2) is 6.10 Å². The van der Waals surface area contributed by atoms with Crippen LogP contribution in [0, 0.1) is 6.92 Å². The highest BCUT2D eigenvalue weighted by Gasteiger charge is 2.19. The molecule has 0 saturated carbocycles. The van der Waals surface area contributed by atoms with Crippen LogP contribution in [0.1, 0.15) is 28.0 Å². The van der Waals surface area contributed by atoms with Crippen molar-refractivity contribution in [2.75, 3.05) is 0 Å². The Balaban J connectivity index is 2.09. The zero-order valence-corrected chi connectivity index (χ0v) is 13.1. The van der Waals surface area contributed by atoms with E-state index >= 15 is 0 Å². The summed E-state index contributed by atoms with van der Waals surface area (Å²) >= 11 is 1.53. The van der Waals surface area contributed by atoms with Gasteiger partial charge in [0, 0.05) is 5.38 Å². The van der Waals surface area contributed by atoms with Gasteiger partial charge in [-0.2, -0.15) is 0 Å². The van der Waals surface area contributed by atoms with Crippen molar-refractivity contribution >= 4 is 23.2 Å². The summed E-state index contributed by atoms with van der Waals surface area (Å²) in [4.78, 5) is 27.3. The lowest BCUT2D eigenvalue weighted by Crippen LogP contribution is -2.30. The number of hydrogen-bond acceptors (Lipinski definition) is 6. The number of ether oxygens (including phenoxy) is 2. The van der Waals surface area contributed by atoms with Crippen molar-refractivity contribution < 1.29 is 19.1 Å². The SMILES string of the molecule is Cc1nc(COc2ccccc2C(=O)O[C@@H](C)C(N)=O)cs1. The molecule has 116 valence electrons. The Morgan fingerprint density at radius 2 is 2.09 bits per heavy atom. The molecule has 6 nitrogen and oxygen atoms in total. The van der Waals surface area contributed by atoms with E-state index < -0.39 is 18.0 Å². The topological polar surface area (TPSA) is 91.5 Å². The molecule has 1 aromatic carbocycles. The van der Waals surface area contributed by atoms with Gasteiger partial charge in [-0.25, -0.2) is 9.78 Å². The van der Waals surface area contributed by atoms with Gasteiger partial charge in [-0.1, -0.05) is 12.1 Å². The van der Waals surface area contributed by atoms with Crippen molar-refractivity contribution in [3.8, 4) is 5.75 Å². The number of benzene rings is 1. The highest BCUT2D eigenvalue weighted by Crippen LogP contribution is 2.21. The second-order valence-electron chi connectivity index (χ2n) is 4.59. The van der Waals surface area contributed by atoms with Crippen LogP contribution in [0.15, 0.2) is 29.6 Å². The summed E-state index contributed by atoms with van der Waals surface area (Å²) in [6, 6.07) is 6.66. The molecule has 0 spiro atoms. The van der Waals surface area contributed by atoms with Crippen molar-refractivity contribution in [1.82, 2.24) is 4.98 Å². The number of amides is 1. The fourth-order valence-corrected chi connectivity index (χ4v) is 2.27. The molecule has 2 aromatic rings. The van der Waals surface area contributed by atoms with Gasteiger partial charge < -0.3 is 15.2 Å². The number of esters is 1. The minimum atomic E-state index is -0.998. The Morgan fingerprint density at radius 1 is 1.36 bits per heavy atom. The van der Waals surface area contributed by atoms with Crippen LogP contribution in [0.5, 0.6) is 5.75 Å². The predicted octanol–water partition coefficient (Wildman–Crippen LogP) is 2.06. The van der Waals surface area contributed by atoms with Crippen LogP contribution in [-0.4, -0.2) is 23.0 Å². The third-order valence-electron chi connectivity index (χ3n) is 2.83. The first-order valence-corrected chi connectivity index (χ1v) is 7.48. The van der Waals surface area contributed by atoms with Gasteiger partial charge in [-0.15, -0.1) is 11.3 Å². The maximum atomic E-state index is 12.1. The number of para-hydroxylation sites is 1. The Bertz CT molecular complexity index is 684. The van der Waals surface area contributed by atoms with Gasteiger partial charge >= 0.3 is 5.97 Å². The smallest absolute Gasteiger partial charge is 0.342 e. The zero-order chi connectivity index (χ0) is 16.1. The number of hydrogen-bond donors (Lipinski definition) is 1. The predicted molar refractivity (Wildman–Crippen MR) is 81.7 cm³/mol. The molecule has 0 unspecified atom stereocenters. The standard InChI is InChI=1S/C15H16N2O4S/c1-9(14(16)18)21-15(19)12-5-3-4-6-13(12)20-7-11-8-22-10(2)17-11/h3-6,8-9H,7H2,1-2H3,(H2,16,18)/t9-/m0/s1. The third kappa shape index (κ3) is 4.05. The largest absolute Gasteiger partial charge is 0.486 e. The minimum absolute atomic E-state index is 0.238. The lowest BCUT2D eigenvalue weighted by Gasteiger charge is -2.12. The summed E-state index contributed by atoms with van der Waals surface area (Å²) in [6.45, 7) is 3.58. The van der Waals surface area contributed by atoms with Gasteiger partial charge in [-0.3, -0.25) is 4.79 Å². The lowest BCUT2D eigenvalue weighted by molar-refractivity contribution is -0.125. The molecule has 0 aliphatic heterocycles. The Hall–Kier alpha value is -2.41. The Labute approximate surface area is 131 Å². The first kappa shape index (κ1) is 16.0. The molecule has 0 radical (unpaired) electrons. The molecule has 0 aliphatic carbocycles. The van der Waals surface area contributed by atoms with E-state index in [9.17, 15) is 9.59 Å². The summed E-state index contributed by atoms with van der Waals surface area (Å²) in [6.07, 6.45) is -0.998. The van der Waals surface area contributed by atoms with Gasteiger partial charge in [0.2, 0.25) is 0 Å². The zero-order valence-electron chi connectivity index (χ0n) is 12.2. The Kier molecular flexibility index (Phi) is 5.11. The normalized spacial score (nSPS) is 11.7. The number of thiazole rings is 1. The van der Waals surface area contributed by atoms with Gasteiger partial charge in [0.1, 0.15) is 17.9 Å². The fraction of sp³-hybridized carbons (Fsp3) is 0.267. The molecule has 1 amide bonds. The molecule has 1 aromatic heterocycles. The molecule has 22 heavy (non-hydrogen) atoms. The highest BCUT2D eigenvalue weighted by atomic mass is 32.1. The van der Waals surface area contributed by atoms with Crippen LogP contribution in [0.3, 0.4) is 0 Å². The van der Waals surface area contributed by atoms with E-state index in [0.717, 1.165) is 10.7 Å². The number of carbonyl (C=O) groups excluding carboxylic acids is 2. The number of rotatable bonds is 6. The summed E-state index contributed by atoms with van der Waals surface area (Å²) in [5, 5.41) is 2.84. The van der Waals surface area contributed by atoms with Crippen LogP contribution >= 0.6 is 11.3 Å². The Morgan fingerprint density at radius 3 is 2.73 bits per heavy atom. The lowest BCUT2D eigenvalue weighted by atomic mass is 10.2. The third-order valence-corrected chi connectivity index (χ3v) is 3.66. The number of aryl methyl sites for hydroxylation is 1. The molecule has 1 heterocycles. The summed E-state index contributed by atoms with van der Waals surface area (Å²) in [7, 11) is 0. The van der Waals surface area contributed by atoms with Crippen LogP contribution < -0.4 is 10.5 Å². The average molecular weight is 320 g/mol. The van der Waals surface area contributed by atoms with Crippen LogP contribution in [0.25, 0.3) is 0 Å². The van der Waals surface area contributed by atoms with Crippen molar-refractivity contribution in [3.05, 3.63) is 45.9 Å². The van der Waals surface area contributed by atoms with E-state index in [2.05, 4.69) is 4.98 Å². The van der Waals surface area contributed by atoms with E-state index in [0.29, 0.717) is 5.75 Å². The molecule has 2 N–H and O–H groups in total. The number of nitrogens with two attached hydrogens (primary N) is 1. The summed E-state index contributed by atoms with van der Waals surface area (Å²) in [5.41, 5.74) is 6.11. The molecule has 0 bridgehead atoms. The van der Waals surface area contributed by atoms with Gasteiger partial charge in [0.25, 0.3) is 5.91 Å². The van der Waals surface area contributed by atoms with E-state index in [-0.39, 0.29) is 12.2 Å². The number of aromatic nitrogens is 1. The van der Waals surface area contributed by atoms with Crippen LogP contribution in [0.4, 0.5) is 0 Å². The number of carbonyl (C=O) groups is 2. The van der Waals surface area contributed by atoms with Crippen molar-refractivity contribution in [2.24, 2.45) is 5.73 Å². The maximum absolute atomic E-state index is 12.1. The van der Waals surface area contributed by atoms with Crippen molar-refractivity contribution in [2.45, 2.75) is 26.6 Å². The summed E-state index contributed by atoms with van der Waals surface area (Å²) in [5.74, 6) is -0.990. The van der Waals surface area contributed by atoms with E-state index in [4.69, 9.17) is 15.2 Å².